The van der Waals surface area contributed by atoms with Crippen LogP contribution in [0.15, 0.2) is 47.8 Å². The van der Waals surface area contributed by atoms with Crippen molar-refractivity contribution in [3.63, 3.8) is 0 Å². The van der Waals surface area contributed by atoms with E-state index in [0.717, 1.165) is 25.7 Å². The zero-order valence-electron chi connectivity index (χ0n) is 15.9. The number of hydrogen-bond acceptors (Lipinski definition) is 1. The van der Waals surface area contributed by atoms with E-state index in [-0.39, 0.29) is 0 Å². The Labute approximate surface area is 156 Å². The van der Waals surface area contributed by atoms with Gasteiger partial charge >= 0.3 is 0 Å². The maximum absolute atomic E-state index is 2.41. The van der Waals surface area contributed by atoms with Gasteiger partial charge in [-0.25, -0.2) is 0 Å². The highest BCUT2D eigenvalue weighted by Crippen LogP contribution is 2.36. The van der Waals surface area contributed by atoms with Crippen LogP contribution in [0, 0.1) is 0 Å². The monoisotopic (exact) mass is 348 g/mol. The maximum Gasteiger partial charge on any atom is 0.0342 e. The van der Waals surface area contributed by atoms with Gasteiger partial charge in [0, 0.05) is 4.88 Å². The van der Waals surface area contributed by atoms with E-state index in [1.165, 1.54) is 43.8 Å². The molecule has 2 aromatic carbocycles. The van der Waals surface area contributed by atoms with Crippen LogP contribution in [0.3, 0.4) is 0 Å². The lowest BCUT2D eigenvalue weighted by molar-refractivity contribution is 1.07. The third-order valence-corrected chi connectivity index (χ3v) is 5.95. The van der Waals surface area contributed by atoms with Crippen molar-refractivity contribution in [2.45, 2.75) is 53.4 Å². The molecule has 25 heavy (non-hydrogen) atoms. The molecule has 3 rings (SSSR count). The zero-order valence-corrected chi connectivity index (χ0v) is 16.7. The van der Waals surface area contributed by atoms with Crippen LogP contribution in [0.2, 0.25) is 0 Å². The highest BCUT2D eigenvalue weighted by Gasteiger charge is 2.14. The van der Waals surface area contributed by atoms with E-state index in [1.807, 2.05) is 11.3 Å². The Morgan fingerprint density at radius 3 is 1.72 bits per heavy atom. The van der Waals surface area contributed by atoms with Crippen molar-refractivity contribution in [2.24, 2.45) is 0 Å². The minimum atomic E-state index is 1.07. The zero-order chi connectivity index (χ0) is 17.8. The standard InChI is InChI=1S/C24H28S/c1-5-17-12-18(6-2)14-22(13-17)24-19(7-3)15-21(16-20(24)8-4)23-10-9-11-25-23/h9-16H,5-8H2,1-4H3. The molecule has 1 aromatic heterocycles. The molecule has 1 heterocycles. The molecule has 0 spiro atoms. The first-order valence-corrected chi connectivity index (χ1v) is 10.4. The normalized spacial score (nSPS) is 11.0. The molecule has 130 valence electrons. The Kier molecular flexibility index (Phi) is 5.75. The van der Waals surface area contributed by atoms with E-state index in [1.54, 1.807) is 0 Å². The van der Waals surface area contributed by atoms with E-state index in [0.29, 0.717) is 0 Å². The van der Waals surface area contributed by atoms with Gasteiger partial charge in [-0.05, 0) is 88.2 Å². The first kappa shape index (κ1) is 17.9. The lowest BCUT2D eigenvalue weighted by atomic mass is 9.87. The molecule has 0 atom stereocenters. The number of thiophene rings is 1. The van der Waals surface area contributed by atoms with Gasteiger partial charge < -0.3 is 0 Å². The molecule has 0 N–H and O–H groups in total. The summed E-state index contributed by atoms with van der Waals surface area (Å²) in [6.07, 6.45) is 4.33. The highest BCUT2D eigenvalue weighted by molar-refractivity contribution is 7.13. The van der Waals surface area contributed by atoms with Crippen LogP contribution in [0.1, 0.15) is 49.9 Å². The van der Waals surface area contributed by atoms with Crippen LogP contribution in [0.25, 0.3) is 21.6 Å². The fourth-order valence-electron chi connectivity index (χ4n) is 3.60. The summed E-state index contributed by atoms with van der Waals surface area (Å²) < 4.78 is 0. The average molecular weight is 349 g/mol. The number of rotatable bonds is 6. The van der Waals surface area contributed by atoms with E-state index < -0.39 is 0 Å². The van der Waals surface area contributed by atoms with Gasteiger partial charge in [0.1, 0.15) is 0 Å². The number of hydrogen-bond donors (Lipinski definition) is 0. The molecule has 3 aromatic rings. The van der Waals surface area contributed by atoms with Crippen molar-refractivity contribution >= 4 is 11.3 Å². The summed E-state index contributed by atoms with van der Waals surface area (Å²) in [4.78, 5) is 1.37. The van der Waals surface area contributed by atoms with E-state index in [2.05, 4.69) is 75.5 Å². The molecule has 0 saturated heterocycles. The largest absolute Gasteiger partial charge is 0.144 e. The molecular weight excluding hydrogens is 320 g/mol. The lowest BCUT2D eigenvalue weighted by Gasteiger charge is -2.18. The second-order valence-electron chi connectivity index (χ2n) is 6.60. The van der Waals surface area contributed by atoms with Gasteiger partial charge in [-0.1, -0.05) is 52.0 Å². The summed E-state index contributed by atoms with van der Waals surface area (Å²) in [5.74, 6) is 0. The minimum Gasteiger partial charge on any atom is -0.144 e. The van der Waals surface area contributed by atoms with Gasteiger partial charge in [-0.3, -0.25) is 0 Å². The van der Waals surface area contributed by atoms with Gasteiger partial charge in [0.05, 0.1) is 0 Å². The average Bonchev–Trinajstić information content (AvgIpc) is 3.21. The van der Waals surface area contributed by atoms with Gasteiger partial charge in [0.25, 0.3) is 0 Å². The molecule has 0 radical (unpaired) electrons. The van der Waals surface area contributed by atoms with Gasteiger partial charge in [-0.15, -0.1) is 11.3 Å². The molecule has 0 nitrogen and oxygen atoms in total. The molecule has 0 unspecified atom stereocenters. The predicted molar refractivity (Wildman–Crippen MR) is 113 cm³/mol. The Morgan fingerprint density at radius 2 is 1.28 bits per heavy atom. The summed E-state index contributed by atoms with van der Waals surface area (Å²) in [7, 11) is 0. The van der Waals surface area contributed by atoms with Gasteiger partial charge in [0.2, 0.25) is 0 Å². The van der Waals surface area contributed by atoms with Gasteiger partial charge in [-0.2, -0.15) is 0 Å². The quantitative estimate of drug-likeness (QED) is 0.437. The van der Waals surface area contributed by atoms with Crippen LogP contribution in [-0.2, 0) is 25.7 Å². The Balaban J connectivity index is 2.22. The lowest BCUT2D eigenvalue weighted by Crippen LogP contribution is -1.98. The molecule has 0 fully saturated rings. The Morgan fingerprint density at radius 1 is 0.680 bits per heavy atom. The second kappa shape index (κ2) is 8.01. The highest BCUT2D eigenvalue weighted by atomic mass is 32.1. The van der Waals surface area contributed by atoms with Crippen molar-refractivity contribution in [1.82, 2.24) is 0 Å². The van der Waals surface area contributed by atoms with Crippen LogP contribution in [0.5, 0.6) is 0 Å². The molecular formula is C24H28S. The van der Waals surface area contributed by atoms with E-state index in [9.17, 15) is 0 Å². The molecule has 0 aliphatic heterocycles. The SMILES string of the molecule is CCc1cc(CC)cc(-c2c(CC)cc(-c3cccs3)cc2CC)c1. The molecule has 1 heteroatoms. The minimum absolute atomic E-state index is 1.07. The first-order valence-electron chi connectivity index (χ1n) is 9.52. The molecule has 0 saturated carbocycles. The maximum atomic E-state index is 2.41. The van der Waals surface area contributed by atoms with Crippen molar-refractivity contribution in [1.29, 1.82) is 0 Å². The van der Waals surface area contributed by atoms with Crippen molar-refractivity contribution in [3.05, 3.63) is 70.1 Å². The summed E-state index contributed by atoms with van der Waals surface area (Å²) in [6.45, 7) is 9.06. The summed E-state index contributed by atoms with van der Waals surface area (Å²) in [5, 5.41) is 2.17. The summed E-state index contributed by atoms with van der Waals surface area (Å²) >= 11 is 1.83. The molecule has 0 bridgehead atoms. The first-order chi connectivity index (χ1) is 12.2. The predicted octanol–water partition coefficient (Wildman–Crippen LogP) is 7.33. The third kappa shape index (κ3) is 3.72. The summed E-state index contributed by atoms with van der Waals surface area (Å²) in [6, 6.07) is 16.3. The van der Waals surface area contributed by atoms with Crippen molar-refractivity contribution in [3.8, 4) is 21.6 Å². The topological polar surface area (TPSA) is 0 Å². The Hall–Kier alpha value is -1.86. The molecule has 0 amide bonds. The summed E-state index contributed by atoms with van der Waals surface area (Å²) in [5.41, 5.74) is 10.1. The fraction of sp³-hybridized carbons (Fsp3) is 0.333. The van der Waals surface area contributed by atoms with E-state index in [4.69, 9.17) is 0 Å². The third-order valence-electron chi connectivity index (χ3n) is 5.03. The van der Waals surface area contributed by atoms with Crippen molar-refractivity contribution < 1.29 is 0 Å². The number of aryl methyl sites for hydroxylation is 4. The fourth-order valence-corrected chi connectivity index (χ4v) is 4.31. The Bertz CT molecular complexity index is 793. The molecule has 0 aliphatic carbocycles. The van der Waals surface area contributed by atoms with E-state index >= 15 is 0 Å². The van der Waals surface area contributed by atoms with Crippen LogP contribution in [-0.4, -0.2) is 0 Å². The second-order valence-corrected chi connectivity index (χ2v) is 7.55. The van der Waals surface area contributed by atoms with Crippen LogP contribution >= 0.6 is 11.3 Å². The van der Waals surface area contributed by atoms with Crippen LogP contribution in [0.4, 0.5) is 0 Å². The van der Waals surface area contributed by atoms with Crippen molar-refractivity contribution in [2.75, 3.05) is 0 Å². The van der Waals surface area contributed by atoms with Crippen LogP contribution < -0.4 is 0 Å². The van der Waals surface area contributed by atoms with Gasteiger partial charge in [0.15, 0.2) is 0 Å². The number of benzene rings is 2. The smallest absolute Gasteiger partial charge is 0.0342 e. The molecule has 0 aliphatic rings.